The molecule has 146 valence electrons. The number of amides is 1. The van der Waals surface area contributed by atoms with Gasteiger partial charge in [0.15, 0.2) is 7.26 Å². The Balaban J connectivity index is 1.89. The summed E-state index contributed by atoms with van der Waals surface area (Å²) in [6.45, 7) is 0. The van der Waals surface area contributed by atoms with Gasteiger partial charge in [0.25, 0.3) is 0 Å². The van der Waals surface area contributed by atoms with E-state index in [2.05, 4.69) is 53.6 Å². The first-order valence-electron chi connectivity index (χ1n) is 9.90. The van der Waals surface area contributed by atoms with Crippen LogP contribution in [0.1, 0.15) is 5.56 Å². The highest BCUT2D eigenvalue weighted by atomic mass is 31.2. The Kier molecular flexibility index (Phi) is 6.17. The van der Waals surface area contributed by atoms with E-state index in [1.165, 1.54) is 0 Å². The summed E-state index contributed by atoms with van der Waals surface area (Å²) >= 11 is 0. The normalized spacial score (nSPS) is 11.3. The molecule has 1 N–H and O–H groups in total. The standard InChI is InChI=1S/C27H22NOP/c29-27(28-24-15-7-2-8-16-24)30(25-17-9-3-10-18-25,26-19-11-4-12-20-26)22-21-23-13-5-1-6-14-23/h1-22H/p+1/b22-21+. The fraction of sp³-hybridized carbons (Fsp3) is 0. The number of carbonyl (C=O) groups excluding carboxylic acids is 1. The highest BCUT2D eigenvalue weighted by molar-refractivity contribution is 8.05. The number of carbonyl (C=O) groups is 1. The number of hydrogen-bond acceptors (Lipinski definition) is 1. The zero-order chi connectivity index (χ0) is 20.7. The Morgan fingerprint density at radius 2 is 1.03 bits per heavy atom. The molecule has 0 spiro atoms. The van der Waals surface area contributed by atoms with Crippen molar-refractivity contribution in [2.45, 2.75) is 0 Å². The van der Waals surface area contributed by atoms with Gasteiger partial charge in [-0.05, 0) is 48.0 Å². The van der Waals surface area contributed by atoms with Gasteiger partial charge in [0.1, 0.15) is 10.6 Å². The molecule has 0 aliphatic heterocycles. The van der Waals surface area contributed by atoms with E-state index in [9.17, 15) is 4.79 Å². The van der Waals surface area contributed by atoms with Crippen molar-refractivity contribution in [1.82, 2.24) is 0 Å². The van der Waals surface area contributed by atoms with Gasteiger partial charge in [-0.1, -0.05) is 84.9 Å². The lowest BCUT2D eigenvalue weighted by Crippen LogP contribution is -2.30. The zero-order valence-corrected chi connectivity index (χ0v) is 17.5. The van der Waals surface area contributed by atoms with Crippen molar-refractivity contribution in [2.24, 2.45) is 0 Å². The highest BCUT2D eigenvalue weighted by Gasteiger charge is 2.49. The maximum Gasteiger partial charge on any atom is 0.378 e. The van der Waals surface area contributed by atoms with Crippen molar-refractivity contribution < 1.29 is 4.79 Å². The number of hydrogen-bond donors (Lipinski definition) is 1. The average molecular weight is 408 g/mol. The number of benzene rings is 4. The summed E-state index contributed by atoms with van der Waals surface area (Å²) in [5.41, 5.74) is 1.88. The van der Waals surface area contributed by atoms with Crippen molar-refractivity contribution >= 4 is 35.3 Å². The predicted octanol–water partition coefficient (Wildman–Crippen LogP) is 6.56. The molecule has 0 heterocycles. The van der Waals surface area contributed by atoms with Gasteiger partial charge in [0.05, 0.1) is 5.82 Å². The minimum Gasteiger partial charge on any atom is -0.292 e. The van der Waals surface area contributed by atoms with Crippen molar-refractivity contribution in [2.75, 3.05) is 5.32 Å². The van der Waals surface area contributed by atoms with Gasteiger partial charge in [-0.3, -0.25) is 5.32 Å². The number of anilines is 1. The molecule has 2 nitrogen and oxygen atoms in total. The molecule has 0 radical (unpaired) electrons. The molecular formula is C27H23NOP+. The Hall–Kier alpha value is -3.48. The molecule has 4 rings (SSSR count). The number of para-hydroxylation sites is 1. The van der Waals surface area contributed by atoms with E-state index in [0.717, 1.165) is 21.9 Å². The number of rotatable bonds is 6. The van der Waals surface area contributed by atoms with Crippen LogP contribution in [0.2, 0.25) is 0 Å². The van der Waals surface area contributed by atoms with E-state index in [0.29, 0.717) is 0 Å². The van der Waals surface area contributed by atoms with Crippen LogP contribution in [-0.2, 0) is 0 Å². The van der Waals surface area contributed by atoms with E-state index < -0.39 is 7.26 Å². The molecule has 0 fully saturated rings. The molecule has 0 bridgehead atoms. The van der Waals surface area contributed by atoms with Gasteiger partial charge < -0.3 is 0 Å². The zero-order valence-electron chi connectivity index (χ0n) is 16.6. The second-order valence-corrected chi connectivity index (χ2v) is 10.1. The van der Waals surface area contributed by atoms with Gasteiger partial charge in [-0.25, -0.2) is 4.79 Å². The average Bonchev–Trinajstić information content (AvgIpc) is 2.82. The van der Waals surface area contributed by atoms with E-state index in [1.807, 2.05) is 84.9 Å². The van der Waals surface area contributed by atoms with Gasteiger partial charge in [-0.2, -0.15) is 0 Å². The van der Waals surface area contributed by atoms with E-state index >= 15 is 0 Å². The maximum atomic E-state index is 13.9. The molecule has 0 saturated heterocycles. The first kappa shape index (κ1) is 19.8. The quantitative estimate of drug-likeness (QED) is 0.360. The van der Waals surface area contributed by atoms with Crippen molar-refractivity contribution in [3.05, 3.63) is 133 Å². The highest BCUT2D eigenvalue weighted by Crippen LogP contribution is 2.59. The van der Waals surface area contributed by atoms with Gasteiger partial charge in [0.2, 0.25) is 0 Å². The van der Waals surface area contributed by atoms with E-state index in [1.54, 1.807) is 0 Å². The lowest BCUT2D eigenvalue weighted by atomic mass is 10.2. The summed E-state index contributed by atoms with van der Waals surface area (Å²) in [6, 6.07) is 40.0. The van der Waals surface area contributed by atoms with Crippen molar-refractivity contribution in [3.8, 4) is 0 Å². The lowest BCUT2D eigenvalue weighted by Gasteiger charge is -2.22. The van der Waals surface area contributed by atoms with Crippen LogP contribution >= 0.6 is 7.26 Å². The van der Waals surface area contributed by atoms with Crippen molar-refractivity contribution in [1.29, 1.82) is 0 Å². The van der Waals surface area contributed by atoms with E-state index in [-0.39, 0.29) is 5.65 Å². The van der Waals surface area contributed by atoms with Crippen LogP contribution in [0.3, 0.4) is 0 Å². The molecular weight excluding hydrogens is 385 g/mol. The van der Waals surface area contributed by atoms with Crippen LogP contribution in [0.25, 0.3) is 6.08 Å². The summed E-state index contributed by atoms with van der Waals surface area (Å²) < 4.78 is 0. The summed E-state index contributed by atoms with van der Waals surface area (Å²) in [4.78, 5) is 13.9. The fourth-order valence-corrected chi connectivity index (χ4v) is 6.68. The summed E-state index contributed by atoms with van der Waals surface area (Å²) in [5.74, 6) is 2.12. The molecule has 0 unspecified atom stereocenters. The molecule has 0 atom stereocenters. The lowest BCUT2D eigenvalue weighted by molar-refractivity contribution is 0.269. The van der Waals surface area contributed by atoms with Crippen LogP contribution in [-0.4, -0.2) is 5.65 Å². The third-order valence-corrected chi connectivity index (χ3v) is 8.54. The second-order valence-electron chi connectivity index (χ2n) is 6.92. The smallest absolute Gasteiger partial charge is 0.292 e. The number of nitrogens with one attached hydrogen (secondary N) is 1. The van der Waals surface area contributed by atoms with Crippen LogP contribution in [0.15, 0.2) is 127 Å². The molecule has 0 aliphatic carbocycles. The van der Waals surface area contributed by atoms with Crippen LogP contribution in [0, 0.1) is 0 Å². The van der Waals surface area contributed by atoms with Gasteiger partial charge in [0, 0.05) is 5.69 Å². The Morgan fingerprint density at radius 1 is 0.600 bits per heavy atom. The molecule has 30 heavy (non-hydrogen) atoms. The summed E-state index contributed by atoms with van der Waals surface area (Å²) in [5, 5.41) is 5.22. The molecule has 4 aromatic rings. The molecule has 0 aliphatic rings. The Morgan fingerprint density at radius 3 is 1.53 bits per heavy atom. The van der Waals surface area contributed by atoms with Crippen LogP contribution in [0.5, 0.6) is 0 Å². The summed E-state index contributed by atoms with van der Waals surface area (Å²) in [7, 11) is -2.55. The largest absolute Gasteiger partial charge is 0.378 e. The fourth-order valence-electron chi connectivity index (χ4n) is 3.44. The predicted molar refractivity (Wildman–Crippen MR) is 130 cm³/mol. The van der Waals surface area contributed by atoms with Gasteiger partial charge in [-0.15, -0.1) is 0 Å². The topological polar surface area (TPSA) is 29.1 Å². The van der Waals surface area contributed by atoms with E-state index in [4.69, 9.17) is 0 Å². The summed E-state index contributed by atoms with van der Waals surface area (Å²) in [6.07, 6.45) is 2.07. The Bertz CT molecular complexity index is 1070. The first-order chi connectivity index (χ1) is 14.8. The third kappa shape index (κ3) is 4.25. The monoisotopic (exact) mass is 408 g/mol. The van der Waals surface area contributed by atoms with Crippen LogP contribution < -0.4 is 15.9 Å². The maximum absolute atomic E-state index is 13.9. The van der Waals surface area contributed by atoms with Crippen LogP contribution in [0.4, 0.5) is 10.5 Å². The molecule has 3 heteroatoms. The molecule has 1 amide bonds. The minimum atomic E-state index is -2.55. The third-order valence-electron chi connectivity index (χ3n) is 4.96. The minimum absolute atomic E-state index is 0.0123. The molecule has 0 saturated carbocycles. The first-order valence-corrected chi connectivity index (χ1v) is 11.8. The second kappa shape index (κ2) is 9.35. The van der Waals surface area contributed by atoms with Crippen molar-refractivity contribution in [3.63, 3.8) is 0 Å². The molecule has 4 aromatic carbocycles. The molecule has 0 aromatic heterocycles. The van der Waals surface area contributed by atoms with Gasteiger partial charge >= 0.3 is 5.65 Å². The SMILES string of the molecule is O=C(Nc1ccccc1)[P+](/C=C/c1ccccc1)(c1ccccc1)c1ccccc1. The Labute approximate surface area is 178 Å².